The summed E-state index contributed by atoms with van der Waals surface area (Å²) in [4.78, 5) is 27.9. The molecule has 1 amide bonds. The number of hydrogen-bond donors (Lipinski definition) is 0. The summed E-state index contributed by atoms with van der Waals surface area (Å²) in [6, 6.07) is 21.7. The van der Waals surface area contributed by atoms with Crippen molar-refractivity contribution in [3.63, 3.8) is 0 Å². The van der Waals surface area contributed by atoms with Gasteiger partial charge in [0.1, 0.15) is 5.82 Å². The van der Waals surface area contributed by atoms with Gasteiger partial charge < -0.3 is 14.5 Å². The van der Waals surface area contributed by atoms with E-state index in [0.717, 1.165) is 33.1 Å². The number of methoxy groups -OCH3 is 1. The fraction of sp³-hybridized carbons (Fsp3) is 0.250. The van der Waals surface area contributed by atoms with E-state index in [1.165, 1.54) is 11.3 Å². The second-order valence-corrected chi connectivity index (χ2v) is 10.0. The van der Waals surface area contributed by atoms with E-state index in [4.69, 9.17) is 26.3 Å². The van der Waals surface area contributed by atoms with E-state index in [1.54, 1.807) is 7.11 Å². The number of thiophene rings is 1. The number of aromatic nitrogens is 2. The van der Waals surface area contributed by atoms with Gasteiger partial charge in [-0.3, -0.25) is 4.79 Å². The Morgan fingerprint density at radius 2 is 1.81 bits per heavy atom. The van der Waals surface area contributed by atoms with Gasteiger partial charge in [0.15, 0.2) is 5.82 Å². The molecule has 2 aromatic heterocycles. The van der Waals surface area contributed by atoms with Crippen LogP contribution >= 0.6 is 22.9 Å². The summed E-state index contributed by atoms with van der Waals surface area (Å²) in [6.45, 7) is 3.03. The molecule has 2 aromatic carbocycles. The van der Waals surface area contributed by atoms with Crippen LogP contribution in [0.25, 0.3) is 11.4 Å². The molecule has 5 rings (SSSR count). The molecule has 1 aliphatic heterocycles. The number of benzene rings is 2. The summed E-state index contributed by atoms with van der Waals surface area (Å²) < 4.78 is 5.57. The maximum Gasteiger partial charge on any atom is 0.264 e. The van der Waals surface area contributed by atoms with Crippen LogP contribution in [0, 0.1) is 0 Å². The standard InChI is InChI=1S/C28H27ClN4O2S/c1-35-19-24-23(18-20-7-5-10-22(29)17-20)27(31-26(30-24)21-8-3-2-4-9-21)32-12-14-33(15-13-32)28(34)25-11-6-16-36-25/h2-11,16-17H,12-15,18-19H2,1H3. The molecule has 6 nitrogen and oxygen atoms in total. The summed E-state index contributed by atoms with van der Waals surface area (Å²) in [5, 5.41) is 2.64. The SMILES string of the molecule is COCc1nc(-c2ccccc2)nc(N2CCN(C(=O)c3cccs3)CC2)c1Cc1cccc(Cl)c1. The van der Waals surface area contributed by atoms with Crippen molar-refractivity contribution < 1.29 is 9.53 Å². The maximum absolute atomic E-state index is 12.9. The molecule has 0 aliphatic carbocycles. The minimum Gasteiger partial charge on any atom is -0.378 e. The highest BCUT2D eigenvalue weighted by Crippen LogP contribution is 2.30. The van der Waals surface area contributed by atoms with Crippen molar-refractivity contribution in [2.75, 3.05) is 38.2 Å². The number of hydrogen-bond acceptors (Lipinski definition) is 6. The molecule has 0 N–H and O–H groups in total. The lowest BCUT2D eigenvalue weighted by Gasteiger charge is -2.36. The monoisotopic (exact) mass is 518 g/mol. The van der Waals surface area contributed by atoms with Gasteiger partial charge in [0.25, 0.3) is 5.91 Å². The van der Waals surface area contributed by atoms with Gasteiger partial charge in [0.2, 0.25) is 0 Å². The Morgan fingerprint density at radius 3 is 2.50 bits per heavy atom. The zero-order valence-corrected chi connectivity index (χ0v) is 21.6. The first-order valence-electron chi connectivity index (χ1n) is 11.9. The van der Waals surface area contributed by atoms with Crippen LogP contribution in [0.4, 0.5) is 5.82 Å². The molecule has 0 radical (unpaired) electrons. The van der Waals surface area contributed by atoms with Gasteiger partial charge in [-0.25, -0.2) is 9.97 Å². The normalized spacial score (nSPS) is 13.7. The molecule has 36 heavy (non-hydrogen) atoms. The van der Waals surface area contributed by atoms with Crippen molar-refractivity contribution in [1.29, 1.82) is 0 Å². The van der Waals surface area contributed by atoms with Crippen LogP contribution < -0.4 is 4.90 Å². The highest BCUT2D eigenvalue weighted by Gasteiger charge is 2.27. The minimum atomic E-state index is 0.0940. The lowest BCUT2D eigenvalue weighted by atomic mass is 10.0. The molecule has 0 spiro atoms. The number of rotatable bonds is 7. The van der Waals surface area contributed by atoms with Crippen molar-refractivity contribution in [3.8, 4) is 11.4 Å². The molecule has 1 aliphatic rings. The van der Waals surface area contributed by atoms with E-state index in [-0.39, 0.29) is 5.91 Å². The Bertz CT molecular complexity index is 1320. The molecule has 8 heteroatoms. The quantitative estimate of drug-likeness (QED) is 0.320. The Labute approximate surface area is 220 Å². The van der Waals surface area contributed by atoms with E-state index in [9.17, 15) is 4.79 Å². The van der Waals surface area contributed by atoms with Crippen molar-refractivity contribution in [2.24, 2.45) is 0 Å². The number of nitrogens with zero attached hydrogens (tertiary/aromatic N) is 4. The number of carbonyl (C=O) groups excluding carboxylic acids is 1. The summed E-state index contributed by atoms with van der Waals surface area (Å²) in [7, 11) is 1.68. The van der Waals surface area contributed by atoms with Gasteiger partial charge in [0, 0.05) is 55.9 Å². The molecule has 0 unspecified atom stereocenters. The van der Waals surface area contributed by atoms with E-state index in [2.05, 4.69) is 11.0 Å². The summed E-state index contributed by atoms with van der Waals surface area (Å²) in [5.74, 6) is 1.65. The van der Waals surface area contributed by atoms with Gasteiger partial charge >= 0.3 is 0 Å². The van der Waals surface area contributed by atoms with Gasteiger partial charge in [0.05, 0.1) is 17.2 Å². The first kappa shape index (κ1) is 24.4. The lowest BCUT2D eigenvalue weighted by Crippen LogP contribution is -2.49. The van der Waals surface area contributed by atoms with Crippen molar-refractivity contribution >= 4 is 34.7 Å². The topological polar surface area (TPSA) is 58.6 Å². The third-order valence-corrected chi connectivity index (χ3v) is 7.35. The molecule has 0 saturated carbocycles. The van der Waals surface area contributed by atoms with E-state index >= 15 is 0 Å². The highest BCUT2D eigenvalue weighted by molar-refractivity contribution is 7.12. The number of anilines is 1. The van der Waals surface area contributed by atoms with Gasteiger partial charge in [-0.05, 0) is 29.1 Å². The van der Waals surface area contributed by atoms with Crippen LogP contribution in [0.1, 0.15) is 26.5 Å². The molecule has 184 valence electrons. The maximum atomic E-state index is 12.9. The van der Waals surface area contributed by atoms with Gasteiger partial charge in [-0.2, -0.15) is 0 Å². The van der Waals surface area contributed by atoms with Gasteiger partial charge in [-0.1, -0.05) is 60.1 Å². The zero-order chi connectivity index (χ0) is 24.9. The summed E-state index contributed by atoms with van der Waals surface area (Å²) in [5.41, 5.74) is 3.93. The number of carbonyl (C=O) groups is 1. The van der Waals surface area contributed by atoms with Crippen LogP contribution in [-0.2, 0) is 17.8 Å². The number of piperazine rings is 1. The van der Waals surface area contributed by atoms with Crippen LogP contribution in [0.5, 0.6) is 0 Å². The second kappa shape index (κ2) is 11.2. The third-order valence-electron chi connectivity index (χ3n) is 6.25. The first-order chi connectivity index (χ1) is 17.6. The zero-order valence-electron chi connectivity index (χ0n) is 20.1. The van der Waals surface area contributed by atoms with Crippen LogP contribution in [-0.4, -0.2) is 54.1 Å². The van der Waals surface area contributed by atoms with E-state index in [0.29, 0.717) is 50.1 Å². The molecule has 4 aromatic rings. The molecule has 1 fully saturated rings. The Kier molecular flexibility index (Phi) is 7.60. The number of amides is 1. The predicted octanol–water partition coefficient (Wildman–Crippen LogP) is 5.56. The van der Waals surface area contributed by atoms with Crippen LogP contribution in [0.2, 0.25) is 5.02 Å². The number of halogens is 1. The van der Waals surface area contributed by atoms with Crippen molar-refractivity contribution in [3.05, 3.63) is 98.8 Å². The fourth-order valence-electron chi connectivity index (χ4n) is 4.46. The predicted molar refractivity (Wildman–Crippen MR) is 145 cm³/mol. The largest absolute Gasteiger partial charge is 0.378 e. The summed E-state index contributed by atoms with van der Waals surface area (Å²) >= 11 is 7.77. The third kappa shape index (κ3) is 5.43. The van der Waals surface area contributed by atoms with Crippen molar-refractivity contribution in [2.45, 2.75) is 13.0 Å². The van der Waals surface area contributed by atoms with E-state index in [1.807, 2.05) is 70.9 Å². The molecular formula is C28H27ClN4O2S. The molecule has 1 saturated heterocycles. The van der Waals surface area contributed by atoms with Crippen LogP contribution in [0.15, 0.2) is 72.1 Å². The lowest BCUT2D eigenvalue weighted by molar-refractivity contribution is 0.0751. The molecule has 3 heterocycles. The Morgan fingerprint density at radius 1 is 1.00 bits per heavy atom. The van der Waals surface area contributed by atoms with Gasteiger partial charge in [-0.15, -0.1) is 11.3 Å². The first-order valence-corrected chi connectivity index (χ1v) is 13.1. The smallest absolute Gasteiger partial charge is 0.264 e. The number of ether oxygens (including phenoxy) is 1. The fourth-order valence-corrected chi connectivity index (χ4v) is 5.36. The average molecular weight is 519 g/mol. The Hall–Kier alpha value is -3.26. The second-order valence-electron chi connectivity index (χ2n) is 8.66. The minimum absolute atomic E-state index is 0.0940. The molecular weight excluding hydrogens is 492 g/mol. The Balaban J connectivity index is 1.51. The molecule has 0 bridgehead atoms. The average Bonchev–Trinajstić information content (AvgIpc) is 3.45. The summed E-state index contributed by atoms with van der Waals surface area (Å²) in [6.07, 6.45) is 0.637. The molecule has 0 atom stereocenters. The van der Waals surface area contributed by atoms with E-state index < -0.39 is 0 Å². The van der Waals surface area contributed by atoms with Crippen molar-refractivity contribution in [1.82, 2.24) is 14.9 Å². The van der Waals surface area contributed by atoms with Crippen LogP contribution in [0.3, 0.4) is 0 Å². The highest BCUT2D eigenvalue weighted by atomic mass is 35.5.